The molecule has 5 nitrogen and oxygen atoms in total. The zero-order chi connectivity index (χ0) is 22.4. The summed E-state index contributed by atoms with van der Waals surface area (Å²) in [6, 6.07) is 16.0. The second kappa shape index (κ2) is 10.5. The molecule has 0 aliphatic carbocycles. The number of carbonyl (C=O) groups is 2. The summed E-state index contributed by atoms with van der Waals surface area (Å²) in [5, 5.41) is 2.92. The minimum absolute atomic E-state index is 0.0704. The van der Waals surface area contributed by atoms with Crippen molar-refractivity contribution in [1.29, 1.82) is 0 Å². The van der Waals surface area contributed by atoms with Gasteiger partial charge < -0.3 is 15.0 Å². The fourth-order valence-corrected chi connectivity index (χ4v) is 4.08. The van der Waals surface area contributed by atoms with Crippen LogP contribution in [0.1, 0.15) is 63.3 Å². The molecule has 0 radical (unpaired) electrons. The smallest absolute Gasteiger partial charge is 0.261 e. The van der Waals surface area contributed by atoms with Crippen molar-refractivity contribution in [3.8, 4) is 5.75 Å². The molecule has 3 rings (SSSR count). The van der Waals surface area contributed by atoms with Crippen LogP contribution in [0.2, 0.25) is 0 Å². The molecule has 31 heavy (non-hydrogen) atoms. The molecule has 0 bridgehead atoms. The van der Waals surface area contributed by atoms with Crippen LogP contribution in [0.5, 0.6) is 5.75 Å². The van der Waals surface area contributed by atoms with Crippen LogP contribution < -0.4 is 10.1 Å². The van der Waals surface area contributed by atoms with Crippen molar-refractivity contribution in [2.45, 2.75) is 59.1 Å². The molecule has 0 spiro atoms. The standard InChI is InChI=1S/C26H34N2O3/c1-5-15-27-25(29)23(6-2)31-21-13-12-19-14-16-28(26(30)18(3)4)24(22(19)17-21)20-10-8-7-9-11-20/h7-13,17-18,23-24H,5-6,14-16H2,1-4H3,(H,27,29)/t23-,24-/m0/s1. The Morgan fingerprint density at radius 3 is 2.52 bits per heavy atom. The van der Waals surface area contributed by atoms with Gasteiger partial charge in [-0.05, 0) is 48.1 Å². The minimum Gasteiger partial charge on any atom is -0.481 e. The summed E-state index contributed by atoms with van der Waals surface area (Å²) >= 11 is 0. The van der Waals surface area contributed by atoms with Crippen LogP contribution in [0.25, 0.3) is 0 Å². The van der Waals surface area contributed by atoms with Crippen molar-refractivity contribution in [3.05, 3.63) is 65.2 Å². The predicted molar refractivity (Wildman–Crippen MR) is 123 cm³/mol. The number of hydrogen-bond donors (Lipinski definition) is 1. The SMILES string of the molecule is CCCNC(=O)[C@H](CC)Oc1ccc2c(c1)[C@H](c1ccccc1)N(C(=O)C(C)C)CC2. The quantitative estimate of drug-likeness (QED) is 0.681. The van der Waals surface area contributed by atoms with E-state index in [4.69, 9.17) is 4.74 Å². The summed E-state index contributed by atoms with van der Waals surface area (Å²) in [5.74, 6) is 0.658. The van der Waals surface area contributed by atoms with Crippen molar-refractivity contribution in [1.82, 2.24) is 10.2 Å². The van der Waals surface area contributed by atoms with E-state index < -0.39 is 6.10 Å². The van der Waals surface area contributed by atoms with Gasteiger partial charge in [-0.1, -0.05) is 64.1 Å². The van der Waals surface area contributed by atoms with Gasteiger partial charge in [0.1, 0.15) is 5.75 Å². The molecular formula is C26H34N2O3. The number of benzene rings is 2. The van der Waals surface area contributed by atoms with Crippen LogP contribution in [-0.4, -0.2) is 35.9 Å². The maximum absolute atomic E-state index is 13.0. The lowest BCUT2D eigenvalue weighted by molar-refractivity contribution is -0.136. The lowest BCUT2D eigenvalue weighted by atomic mass is 9.87. The van der Waals surface area contributed by atoms with Gasteiger partial charge in [-0.15, -0.1) is 0 Å². The van der Waals surface area contributed by atoms with Crippen LogP contribution in [0.4, 0.5) is 0 Å². The first-order valence-electron chi connectivity index (χ1n) is 11.4. The van der Waals surface area contributed by atoms with E-state index in [9.17, 15) is 9.59 Å². The average Bonchev–Trinajstić information content (AvgIpc) is 2.80. The van der Waals surface area contributed by atoms with Crippen molar-refractivity contribution in [2.24, 2.45) is 5.92 Å². The zero-order valence-electron chi connectivity index (χ0n) is 19.1. The van der Waals surface area contributed by atoms with Crippen LogP contribution >= 0.6 is 0 Å². The molecule has 1 N–H and O–H groups in total. The molecule has 1 heterocycles. The fraction of sp³-hybridized carbons (Fsp3) is 0.462. The first-order valence-corrected chi connectivity index (χ1v) is 11.4. The summed E-state index contributed by atoms with van der Waals surface area (Å²) in [6.07, 6.45) is 1.76. The van der Waals surface area contributed by atoms with E-state index in [-0.39, 0.29) is 23.8 Å². The number of hydrogen-bond acceptors (Lipinski definition) is 3. The Bertz CT molecular complexity index is 895. The van der Waals surface area contributed by atoms with E-state index in [1.807, 2.05) is 62.9 Å². The molecule has 0 aromatic heterocycles. The molecule has 2 aromatic carbocycles. The lowest BCUT2D eigenvalue weighted by Crippen LogP contribution is -2.42. The summed E-state index contributed by atoms with van der Waals surface area (Å²) in [4.78, 5) is 27.5. The maximum atomic E-state index is 13.0. The Labute approximate surface area is 185 Å². The van der Waals surface area contributed by atoms with Crippen LogP contribution in [0, 0.1) is 5.92 Å². The highest BCUT2D eigenvalue weighted by molar-refractivity contribution is 5.81. The molecule has 166 valence electrons. The van der Waals surface area contributed by atoms with Gasteiger partial charge in [0.25, 0.3) is 5.91 Å². The van der Waals surface area contributed by atoms with E-state index in [2.05, 4.69) is 23.5 Å². The predicted octanol–water partition coefficient (Wildman–Crippen LogP) is 4.50. The Balaban J connectivity index is 1.95. The van der Waals surface area contributed by atoms with Gasteiger partial charge in [0.2, 0.25) is 5.91 Å². The molecule has 5 heteroatoms. The second-order valence-corrected chi connectivity index (χ2v) is 8.42. The molecular weight excluding hydrogens is 388 g/mol. The third kappa shape index (κ3) is 5.27. The highest BCUT2D eigenvalue weighted by Crippen LogP contribution is 2.38. The highest BCUT2D eigenvalue weighted by Gasteiger charge is 2.33. The number of carbonyl (C=O) groups excluding carboxylic acids is 2. The maximum Gasteiger partial charge on any atom is 0.261 e. The first-order chi connectivity index (χ1) is 15.0. The second-order valence-electron chi connectivity index (χ2n) is 8.42. The van der Waals surface area contributed by atoms with E-state index in [1.54, 1.807) is 0 Å². The summed E-state index contributed by atoms with van der Waals surface area (Å²) < 4.78 is 6.10. The van der Waals surface area contributed by atoms with Gasteiger partial charge in [-0.2, -0.15) is 0 Å². The van der Waals surface area contributed by atoms with Gasteiger partial charge in [0.05, 0.1) is 6.04 Å². The monoisotopic (exact) mass is 422 g/mol. The normalized spacial score (nSPS) is 16.5. The fourth-order valence-electron chi connectivity index (χ4n) is 4.08. The van der Waals surface area contributed by atoms with E-state index in [1.165, 1.54) is 5.56 Å². The Morgan fingerprint density at radius 1 is 1.13 bits per heavy atom. The van der Waals surface area contributed by atoms with Crippen LogP contribution in [-0.2, 0) is 16.0 Å². The first kappa shape index (κ1) is 22.9. The Morgan fingerprint density at radius 2 is 1.87 bits per heavy atom. The summed E-state index contributed by atoms with van der Waals surface area (Å²) in [7, 11) is 0. The third-order valence-electron chi connectivity index (χ3n) is 5.73. The zero-order valence-corrected chi connectivity index (χ0v) is 19.1. The number of rotatable bonds is 8. The van der Waals surface area contributed by atoms with Crippen LogP contribution in [0.3, 0.4) is 0 Å². The van der Waals surface area contributed by atoms with Crippen LogP contribution in [0.15, 0.2) is 48.5 Å². The molecule has 0 saturated carbocycles. The van der Waals surface area contributed by atoms with Gasteiger partial charge in [0.15, 0.2) is 6.10 Å². The third-order valence-corrected chi connectivity index (χ3v) is 5.73. The number of nitrogens with zero attached hydrogens (tertiary/aromatic N) is 1. The molecule has 1 aliphatic rings. The van der Waals surface area contributed by atoms with E-state index in [0.717, 1.165) is 24.0 Å². The van der Waals surface area contributed by atoms with Crippen molar-refractivity contribution >= 4 is 11.8 Å². The molecule has 1 aliphatic heterocycles. The highest BCUT2D eigenvalue weighted by atomic mass is 16.5. The van der Waals surface area contributed by atoms with Gasteiger partial charge in [-0.3, -0.25) is 9.59 Å². The van der Waals surface area contributed by atoms with Crippen molar-refractivity contribution in [3.63, 3.8) is 0 Å². The molecule has 0 fully saturated rings. The summed E-state index contributed by atoms with van der Waals surface area (Å²) in [5.41, 5.74) is 3.38. The number of fused-ring (bicyclic) bond motifs is 1. The molecule has 0 unspecified atom stereocenters. The number of ether oxygens (including phenoxy) is 1. The van der Waals surface area contributed by atoms with Gasteiger partial charge in [0, 0.05) is 19.0 Å². The Hall–Kier alpha value is -2.82. The van der Waals surface area contributed by atoms with E-state index >= 15 is 0 Å². The molecule has 2 aromatic rings. The van der Waals surface area contributed by atoms with Crippen molar-refractivity contribution in [2.75, 3.05) is 13.1 Å². The Kier molecular flexibility index (Phi) is 7.72. The van der Waals surface area contributed by atoms with Gasteiger partial charge >= 0.3 is 0 Å². The summed E-state index contributed by atoms with van der Waals surface area (Å²) in [6.45, 7) is 9.20. The largest absolute Gasteiger partial charge is 0.481 e. The van der Waals surface area contributed by atoms with E-state index in [0.29, 0.717) is 25.3 Å². The molecule has 2 atom stereocenters. The molecule has 0 saturated heterocycles. The average molecular weight is 423 g/mol. The van der Waals surface area contributed by atoms with Crippen molar-refractivity contribution < 1.29 is 14.3 Å². The van der Waals surface area contributed by atoms with Gasteiger partial charge in [-0.25, -0.2) is 0 Å². The topological polar surface area (TPSA) is 58.6 Å². The number of nitrogens with one attached hydrogen (secondary N) is 1. The minimum atomic E-state index is -0.531. The lowest BCUT2D eigenvalue weighted by Gasteiger charge is -2.39. The molecule has 2 amide bonds. The number of amides is 2.